The van der Waals surface area contributed by atoms with Gasteiger partial charge in [-0.2, -0.15) is 5.10 Å². The molecular formula is C12H17N5O. The van der Waals surface area contributed by atoms with Gasteiger partial charge in [-0.3, -0.25) is 4.68 Å². The molecule has 0 bridgehead atoms. The molecule has 1 heterocycles. The molecule has 0 aliphatic rings. The van der Waals surface area contributed by atoms with E-state index in [4.69, 9.17) is 10.5 Å². The molecule has 18 heavy (non-hydrogen) atoms. The van der Waals surface area contributed by atoms with Crippen LogP contribution in [0.2, 0.25) is 0 Å². The van der Waals surface area contributed by atoms with Crippen LogP contribution in [0.3, 0.4) is 0 Å². The Bertz CT molecular complexity index is 523. The molecule has 0 atom stereocenters. The molecular weight excluding hydrogens is 230 g/mol. The van der Waals surface area contributed by atoms with Gasteiger partial charge < -0.3 is 15.8 Å². The van der Waals surface area contributed by atoms with Gasteiger partial charge in [0.1, 0.15) is 12.1 Å². The van der Waals surface area contributed by atoms with Crippen molar-refractivity contribution in [1.29, 1.82) is 0 Å². The average Bonchev–Trinajstić information content (AvgIpc) is 2.77. The molecule has 96 valence electrons. The van der Waals surface area contributed by atoms with E-state index in [2.05, 4.69) is 15.4 Å². The van der Waals surface area contributed by atoms with Crippen LogP contribution >= 0.6 is 0 Å². The smallest absolute Gasteiger partial charge is 0.169 e. The van der Waals surface area contributed by atoms with E-state index in [-0.39, 0.29) is 0 Å². The molecule has 3 N–H and O–H groups in total. The number of aryl methyl sites for hydroxylation is 1. The van der Waals surface area contributed by atoms with Gasteiger partial charge in [0.05, 0.1) is 24.5 Å². The summed E-state index contributed by atoms with van der Waals surface area (Å²) in [7, 11) is 1.83. The maximum atomic E-state index is 6.01. The van der Waals surface area contributed by atoms with Gasteiger partial charge in [0.15, 0.2) is 5.82 Å². The third-order valence-corrected chi connectivity index (χ3v) is 2.45. The second-order valence-corrected chi connectivity index (χ2v) is 3.84. The molecule has 0 radical (unpaired) electrons. The van der Waals surface area contributed by atoms with E-state index in [1.807, 2.05) is 32.2 Å². The highest BCUT2D eigenvalue weighted by molar-refractivity contribution is 5.72. The fourth-order valence-electron chi connectivity index (χ4n) is 1.62. The summed E-state index contributed by atoms with van der Waals surface area (Å²) in [6.45, 7) is 3.05. The summed E-state index contributed by atoms with van der Waals surface area (Å²) in [4.78, 5) is 4.14. The van der Waals surface area contributed by atoms with Crippen LogP contribution in [-0.4, -0.2) is 21.4 Å². The molecule has 2 rings (SSSR count). The molecule has 0 aliphatic carbocycles. The maximum absolute atomic E-state index is 6.01. The number of aromatic nitrogens is 3. The molecule has 0 fully saturated rings. The second-order valence-electron chi connectivity index (χ2n) is 3.84. The number of rotatable bonds is 5. The second kappa shape index (κ2) is 5.39. The summed E-state index contributed by atoms with van der Waals surface area (Å²) in [5.41, 5.74) is 7.44. The standard InChI is InChI=1S/C12H17N5O/c1-3-18-10-6-4-5-9(12(10)13)14-7-11-15-8-17(2)16-11/h4-6,8,14H,3,7,13H2,1-2H3. The minimum atomic E-state index is 0.528. The van der Waals surface area contributed by atoms with Crippen molar-refractivity contribution in [2.24, 2.45) is 7.05 Å². The van der Waals surface area contributed by atoms with Crippen LogP contribution < -0.4 is 15.8 Å². The van der Waals surface area contributed by atoms with Crippen molar-refractivity contribution in [2.45, 2.75) is 13.5 Å². The fourth-order valence-corrected chi connectivity index (χ4v) is 1.62. The van der Waals surface area contributed by atoms with Crippen molar-refractivity contribution in [2.75, 3.05) is 17.7 Å². The molecule has 0 aliphatic heterocycles. The predicted molar refractivity (Wildman–Crippen MR) is 70.4 cm³/mol. The number of hydrogen-bond donors (Lipinski definition) is 2. The number of benzene rings is 1. The van der Waals surface area contributed by atoms with Gasteiger partial charge in [-0.25, -0.2) is 4.98 Å². The van der Waals surface area contributed by atoms with E-state index in [1.165, 1.54) is 0 Å². The van der Waals surface area contributed by atoms with Gasteiger partial charge in [-0.15, -0.1) is 0 Å². The van der Waals surface area contributed by atoms with Crippen LogP contribution in [0, 0.1) is 0 Å². The normalized spacial score (nSPS) is 10.3. The number of para-hydroxylation sites is 1. The third-order valence-electron chi connectivity index (χ3n) is 2.45. The van der Waals surface area contributed by atoms with Crippen molar-refractivity contribution in [3.63, 3.8) is 0 Å². The predicted octanol–water partition coefficient (Wildman–Crippen LogP) is 1.41. The number of anilines is 2. The van der Waals surface area contributed by atoms with Crippen molar-refractivity contribution in [3.05, 3.63) is 30.4 Å². The van der Waals surface area contributed by atoms with Gasteiger partial charge >= 0.3 is 0 Å². The van der Waals surface area contributed by atoms with Crippen molar-refractivity contribution in [3.8, 4) is 5.75 Å². The van der Waals surface area contributed by atoms with Gasteiger partial charge in [0, 0.05) is 7.05 Å². The van der Waals surface area contributed by atoms with Crippen molar-refractivity contribution in [1.82, 2.24) is 14.8 Å². The summed E-state index contributed by atoms with van der Waals surface area (Å²) in [6.07, 6.45) is 1.66. The minimum absolute atomic E-state index is 0.528. The van der Waals surface area contributed by atoms with Crippen LogP contribution in [0.25, 0.3) is 0 Å². The van der Waals surface area contributed by atoms with E-state index < -0.39 is 0 Å². The zero-order chi connectivity index (χ0) is 13.0. The van der Waals surface area contributed by atoms with E-state index in [0.29, 0.717) is 24.6 Å². The number of nitrogens with two attached hydrogens (primary N) is 1. The molecule has 0 saturated heterocycles. The first-order valence-electron chi connectivity index (χ1n) is 5.80. The Kier molecular flexibility index (Phi) is 3.66. The van der Waals surface area contributed by atoms with Gasteiger partial charge in [0.25, 0.3) is 0 Å². The quantitative estimate of drug-likeness (QED) is 0.781. The molecule has 0 amide bonds. The minimum Gasteiger partial charge on any atom is -0.492 e. The lowest BCUT2D eigenvalue weighted by atomic mass is 10.2. The molecule has 6 heteroatoms. The Labute approximate surface area is 106 Å². The first-order valence-corrected chi connectivity index (χ1v) is 5.80. The van der Waals surface area contributed by atoms with Gasteiger partial charge in [-0.05, 0) is 19.1 Å². The summed E-state index contributed by atoms with van der Waals surface area (Å²) in [6, 6.07) is 5.65. The van der Waals surface area contributed by atoms with Crippen LogP contribution in [0.15, 0.2) is 24.5 Å². The summed E-state index contributed by atoms with van der Waals surface area (Å²) < 4.78 is 7.10. The fraction of sp³-hybridized carbons (Fsp3) is 0.333. The van der Waals surface area contributed by atoms with E-state index in [9.17, 15) is 0 Å². The first kappa shape index (κ1) is 12.2. The Balaban J connectivity index is 2.07. The average molecular weight is 247 g/mol. The highest BCUT2D eigenvalue weighted by Crippen LogP contribution is 2.29. The van der Waals surface area contributed by atoms with Gasteiger partial charge in [-0.1, -0.05) is 6.07 Å². The van der Waals surface area contributed by atoms with Crippen LogP contribution in [-0.2, 0) is 13.6 Å². The van der Waals surface area contributed by atoms with E-state index >= 15 is 0 Å². The highest BCUT2D eigenvalue weighted by Gasteiger charge is 2.06. The lowest BCUT2D eigenvalue weighted by Crippen LogP contribution is -2.06. The molecule has 0 spiro atoms. The summed E-state index contributed by atoms with van der Waals surface area (Å²) in [5.74, 6) is 1.41. The van der Waals surface area contributed by atoms with Crippen LogP contribution in [0.5, 0.6) is 5.75 Å². The molecule has 0 saturated carbocycles. The number of nitrogens with one attached hydrogen (secondary N) is 1. The zero-order valence-electron chi connectivity index (χ0n) is 10.6. The summed E-state index contributed by atoms with van der Waals surface area (Å²) in [5, 5.41) is 7.38. The topological polar surface area (TPSA) is 78.0 Å². The molecule has 2 aromatic rings. The Morgan fingerprint density at radius 3 is 2.94 bits per heavy atom. The Morgan fingerprint density at radius 1 is 1.44 bits per heavy atom. The number of nitrogens with zero attached hydrogens (tertiary/aromatic N) is 3. The largest absolute Gasteiger partial charge is 0.492 e. The number of nitrogen functional groups attached to an aromatic ring is 1. The van der Waals surface area contributed by atoms with E-state index in [0.717, 1.165) is 11.5 Å². The highest BCUT2D eigenvalue weighted by atomic mass is 16.5. The van der Waals surface area contributed by atoms with Crippen LogP contribution in [0.1, 0.15) is 12.7 Å². The Morgan fingerprint density at radius 2 is 2.28 bits per heavy atom. The monoisotopic (exact) mass is 247 g/mol. The first-order chi connectivity index (χ1) is 8.70. The maximum Gasteiger partial charge on any atom is 0.169 e. The lowest BCUT2D eigenvalue weighted by Gasteiger charge is -2.12. The molecule has 1 aromatic carbocycles. The van der Waals surface area contributed by atoms with Crippen LogP contribution in [0.4, 0.5) is 11.4 Å². The van der Waals surface area contributed by atoms with Gasteiger partial charge in [0.2, 0.25) is 0 Å². The lowest BCUT2D eigenvalue weighted by molar-refractivity contribution is 0.342. The number of hydrogen-bond acceptors (Lipinski definition) is 5. The van der Waals surface area contributed by atoms with E-state index in [1.54, 1.807) is 11.0 Å². The zero-order valence-corrected chi connectivity index (χ0v) is 10.6. The Hall–Kier alpha value is -2.24. The van der Waals surface area contributed by atoms with Crippen molar-refractivity contribution < 1.29 is 4.74 Å². The molecule has 6 nitrogen and oxygen atoms in total. The SMILES string of the molecule is CCOc1cccc(NCc2ncn(C)n2)c1N. The molecule has 1 aromatic heterocycles. The molecule has 0 unspecified atom stereocenters. The number of ether oxygens (including phenoxy) is 1. The third kappa shape index (κ3) is 2.71. The van der Waals surface area contributed by atoms with Crippen molar-refractivity contribution >= 4 is 11.4 Å². The summed E-state index contributed by atoms with van der Waals surface area (Å²) >= 11 is 0.